The van der Waals surface area contributed by atoms with Gasteiger partial charge in [-0.3, -0.25) is 4.99 Å². The largest absolute Gasteiger partial charge is 0.357 e. The van der Waals surface area contributed by atoms with Gasteiger partial charge in [0.05, 0.1) is 0 Å². The maximum atomic E-state index is 5.82. The van der Waals surface area contributed by atoms with Gasteiger partial charge in [0.2, 0.25) is 0 Å². The number of pyridine rings is 1. The lowest BCUT2D eigenvalue weighted by Gasteiger charge is -2.15. The molecular formula is C18H29ClIN5. The van der Waals surface area contributed by atoms with Crippen LogP contribution in [0.15, 0.2) is 23.3 Å². The molecule has 2 N–H and O–H groups in total. The SMILES string of the molecule is CCNC(=NCC1CCN(C2CC2)C1)NCCc1ccc(Cl)nc1.I. The summed E-state index contributed by atoms with van der Waals surface area (Å²) in [5.41, 5.74) is 1.18. The highest BCUT2D eigenvalue weighted by Crippen LogP contribution is 2.31. The Morgan fingerprint density at radius 2 is 2.16 bits per heavy atom. The molecule has 2 aliphatic rings. The first-order valence-electron chi connectivity index (χ1n) is 9.11. The quantitative estimate of drug-likeness (QED) is 0.274. The molecule has 0 spiro atoms. The maximum absolute atomic E-state index is 5.82. The molecule has 1 aliphatic carbocycles. The molecule has 1 saturated carbocycles. The number of nitrogens with one attached hydrogen (secondary N) is 2. The van der Waals surface area contributed by atoms with Crippen molar-refractivity contribution in [2.45, 2.75) is 38.6 Å². The first-order chi connectivity index (χ1) is 11.7. The van der Waals surface area contributed by atoms with Crippen LogP contribution in [0.2, 0.25) is 5.15 Å². The summed E-state index contributed by atoms with van der Waals surface area (Å²) >= 11 is 5.82. The second-order valence-electron chi connectivity index (χ2n) is 6.77. The van der Waals surface area contributed by atoms with E-state index < -0.39 is 0 Å². The zero-order chi connectivity index (χ0) is 16.8. The Morgan fingerprint density at radius 3 is 2.84 bits per heavy atom. The Labute approximate surface area is 173 Å². The Morgan fingerprint density at radius 1 is 1.32 bits per heavy atom. The summed E-state index contributed by atoms with van der Waals surface area (Å²) in [6.45, 7) is 7.23. The van der Waals surface area contributed by atoms with Gasteiger partial charge in [-0.1, -0.05) is 17.7 Å². The predicted molar refractivity (Wildman–Crippen MR) is 115 cm³/mol. The molecule has 7 heteroatoms. The maximum Gasteiger partial charge on any atom is 0.191 e. The highest BCUT2D eigenvalue weighted by Gasteiger charge is 2.34. The molecule has 25 heavy (non-hydrogen) atoms. The third-order valence-electron chi connectivity index (χ3n) is 4.73. The molecule has 140 valence electrons. The van der Waals surface area contributed by atoms with Crippen LogP contribution in [0.3, 0.4) is 0 Å². The molecule has 0 radical (unpaired) electrons. The average Bonchev–Trinajstić information content (AvgIpc) is 3.33. The van der Waals surface area contributed by atoms with Crippen molar-refractivity contribution in [3.8, 4) is 0 Å². The fourth-order valence-corrected chi connectivity index (χ4v) is 3.34. The van der Waals surface area contributed by atoms with E-state index >= 15 is 0 Å². The number of guanidine groups is 1. The summed E-state index contributed by atoms with van der Waals surface area (Å²) in [5, 5.41) is 7.30. The molecule has 1 aliphatic heterocycles. The monoisotopic (exact) mass is 477 g/mol. The predicted octanol–water partition coefficient (Wildman–Crippen LogP) is 2.93. The third kappa shape index (κ3) is 6.90. The van der Waals surface area contributed by atoms with Gasteiger partial charge in [-0.25, -0.2) is 4.98 Å². The second-order valence-corrected chi connectivity index (χ2v) is 7.15. The molecule has 1 unspecified atom stereocenters. The molecule has 1 aromatic heterocycles. The van der Waals surface area contributed by atoms with Crippen LogP contribution >= 0.6 is 35.6 Å². The number of likely N-dealkylation sites (tertiary alicyclic amines) is 1. The van der Waals surface area contributed by atoms with E-state index in [2.05, 4.69) is 27.4 Å². The lowest BCUT2D eigenvalue weighted by Crippen LogP contribution is -2.38. The van der Waals surface area contributed by atoms with Gasteiger partial charge in [0, 0.05) is 38.4 Å². The van der Waals surface area contributed by atoms with Crippen LogP contribution in [0, 0.1) is 5.92 Å². The highest BCUT2D eigenvalue weighted by molar-refractivity contribution is 14.0. The summed E-state index contributed by atoms with van der Waals surface area (Å²) in [4.78, 5) is 11.5. The first kappa shape index (κ1) is 20.7. The third-order valence-corrected chi connectivity index (χ3v) is 4.95. The van der Waals surface area contributed by atoms with Gasteiger partial charge in [-0.2, -0.15) is 0 Å². The Kier molecular flexibility index (Phi) is 8.72. The van der Waals surface area contributed by atoms with E-state index in [1.54, 1.807) is 0 Å². The van der Waals surface area contributed by atoms with E-state index in [0.717, 1.165) is 38.1 Å². The Hall–Kier alpha value is -0.600. The molecule has 2 fully saturated rings. The molecule has 1 saturated heterocycles. The van der Waals surface area contributed by atoms with Crippen molar-refractivity contribution in [1.29, 1.82) is 0 Å². The van der Waals surface area contributed by atoms with E-state index in [4.69, 9.17) is 16.6 Å². The van der Waals surface area contributed by atoms with Gasteiger partial charge in [0.15, 0.2) is 5.96 Å². The number of halogens is 2. The second kappa shape index (κ2) is 10.5. The van der Waals surface area contributed by atoms with E-state index in [9.17, 15) is 0 Å². The molecule has 0 aromatic carbocycles. The van der Waals surface area contributed by atoms with Crippen LogP contribution in [0.1, 0.15) is 31.7 Å². The number of hydrogen-bond donors (Lipinski definition) is 2. The fraction of sp³-hybridized carbons (Fsp3) is 0.667. The zero-order valence-corrected chi connectivity index (χ0v) is 18.0. The summed E-state index contributed by atoms with van der Waals surface area (Å²) in [6, 6.07) is 4.74. The average molecular weight is 478 g/mol. The Bertz CT molecular complexity index is 547. The van der Waals surface area contributed by atoms with Gasteiger partial charge in [-0.05, 0) is 56.7 Å². The number of aromatic nitrogens is 1. The standard InChI is InChI=1S/C18H28ClN5.HI/c1-2-20-18(21-9-7-14-3-6-17(19)22-11-14)23-12-15-8-10-24(13-15)16-4-5-16;/h3,6,11,15-16H,2,4-5,7-10,12-13H2,1H3,(H2,20,21,23);1H. The van der Waals surface area contributed by atoms with Gasteiger partial charge < -0.3 is 15.5 Å². The van der Waals surface area contributed by atoms with Crippen molar-refractivity contribution in [3.63, 3.8) is 0 Å². The van der Waals surface area contributed by atoms with Crippen LogP contribution in [0.5, 0.6) is 0 Å². The molecule has 5 nitrogen and oxygen atoms in total. The van der Waals surface area contributed by atoms with Crippen molar-refractivity contribution in [2.75, 3.05) is 32.7 Å². The van der Waals surface area contributed by atoms with Crippen LogP contribution < -0.4 is 10.6 Å². The van der Waals surface area contributed by atoms with Crippen LogP contribution in [-0.4, -0.2) is 54.6 Å². The normalized spacial score (nSPS) is 21.0. The van der Waals surface area contributed by atoms with Gasteiger partial charge in [0.1, 0.15) is 5.15 Å². The van der Waals surface area contributed by atoms with E-state index in [1.165, 1.54) is 37.9 Å². The number of nitrogens with zero attached hydrogens (tertiary/aromatic N) is 3. The van der Waals surface area contributed by atoms with Crippen molar-refractivity contribution in [2.24, 2.45) is 10.9 Å². The molecule has 0 amide bonds. The van der Waals surface area contributed by atoms with Crippen LogP contribution in [-0.2, 0) is 6.42 Å². The summed E-state index contributed by atoms with van der Waals surface area (Å²) in [5.74, 6) is 1.63. The minimum atomic E-state index is 0. The Balaban J connectivity index is 0.00000225. The summed E-state index contributed by atoms with van der Waals surface area (Å²) < 4.78 is 0. The minimum Gasteiger partial charge on any atom is -0.357 e. The smallest absolute Gasteiger partial charge is 0.191 e. The lowest BCUT2D eigenvalue weighted by atomic mass is 10.1. The molecule has 0 bridgehead atoms. The molecule has 2 heterocycles. The molecule has 3 rings (SSSR count). The number of rotatable bonds is 7. The van der Waals surface area contributed by atoms with Gasteiger partial charge >= 0.3 is 0 Å². The van der Waals surface area contributed by atoms with E-state index in [0.29, 0.717) is 11.1 Å². The summed E-state index contributed by atoms with van der Waals surface area (Å²) in [7, 11) is 0. The van der Waals surface area contributed by atoms with Crippen LogP contribution in [0.4, 0.5) is 0 Å². The van der Waals surface area contributed by atoms with Crippen LogP contribution in [0.25, 0.3) is 0 Å². The van der Waals surface area contributed by atoms with Gasteiger partial charge in [0.25, 0.3) is 0 Å². The molecule has 1 atom stereocenters. The molecular weight excluding hydrogens is 449 g/mol. The van der Waals surface area contributed by atoms with E-state index in [-0.39, 0.29) is 24.0 Å². The van der Waals surface area contributed by atoms with Crippen molar-refractivity contribution in [1.82, 2.24) is 20.5 Å². The van der Waals surface area contributed by atoms with E-state index in [1.807, 2.05) is 18.3 Å². The topological polar surface area (TPSA) is 52.6 Å². The summed E-state index contributed by atoms with van der Waals surface area (Å²) in [6.07, 6.45) is 6.84. The minimum absolute atomic E-state index is 0. The van der Waals surface area contributed by atoms with Crippen molar-refractivity contribution < 1.29 is 0 Å². The van der Waals surface area contributed by atoms with Crippen molar-refractivity contribution in [3.05, 3.63) is 29.0 Å². The van der Waals surface area contributed by atoms with Crippen molar-refractivity contribution >= 4 is 41.5 Å². The fourth-order valence-electron chi connectivity index (χ4n) is 3.22. The lowest BCUT2D eigenvalue weighted by molar-refractivity contribution is 0.315. The zero-order valence-electron chi connectivity index (χ0n) is 14.9. The number of aliphatic imine (C=N–C) groups is 1. The van der Waals surface area contributed by atoms with Gasteiger partial charge in [-0.15, -0.1) is 24.0 Å². The highest BCUT2D eigenvalue weighted by atomic mass is 127. The number of hydrogen-bond acceptors (Lipinski definition) is 3. The molecule has 1 aromatic rings. The first-order valence-corrected chi connectivity index (χ1v) is 9.49.